The molecule has 104 valence electrons. The number of nitrogens with one attached hydrogen (secondary N) is 1. The van der Waals surface area contributed by atoms with Crippen LogP contribution >= 0.6 is 0 Å². The third kappa shape index (κ3) is 2.10. The van der Waals surface area contributed by atoms with Crippen molar-refractivity contribution in [2.75, 3.05) is 14.2 Å². The highest BCUT2D eigenvalue weighted by molar-refractivity contribution is 5.45. The molecular weight excluding hydrogens is 246 g/mol. The van der Waals surface area contributed by atoms with Crippen molar-refractivity contribution >= 4 is 0 Å². The van der Waals surface area contributed by atoms with E-state index < -0.39 is 0 Å². The molecule has 0 heterocycles. The summed E-state index contributed by atoms with van der Waals surface area (Å²) in [5.41, 5.74) is 5.51. The van der Waals surface area contributed by atoms with Gasteiger partial charge >= 0.3 is 0 Å². The van der Waals surface area contributed by atoms with Crippen molar-refractivity contribution in [3.8, 4) is 5.75 Å². The van der Waals surface area contributed by atoms with E-state index in [0.29, 0.717) is 12.0 Å². The molecule has 3 rings (SSSR count). The van der Waals surface area contributed by atoms with Gasteiger partial charge in [-0.2, -0.15) is 0 Å². The molecule has 1 N–H and O–H groups in total. The number of ether oxygens (including phenoxy) is 1. The summed E-state index contributed by atoms with van der Waals surface area (Å²) in [5, 5.41) is 3.49. The maximum Gasteiger partial charge on any atom is 0.121 e. The minimum atomic E-state index is 0.370. The Morgan fingerprint density at radius 2 is 2.00 bits per heavy atom. The molecule has 0 aromatic heterocycles. The molecule has 0 aliphatic heterocycles. The zero-order valence-corrected chi connectivity index (χ0v) is 12.3. The molecule has 0 radical (unpaired) electrons. The molecule has 0 spiro atoms. The first-order valence-corrected chi connectivity index (χ1v) is 7.14. The van der Waals surface area contributed by atoms with Crippen molar-refractivity contribution < 1.29 is 4.74 Å². The number of aryl methyl sites for hydroxylation is 1. The third-order valence-corrected chi connectivity index (χ3v) is 4.39. The number of hydrogen-bond donors (Lipinski definition) is 1. The fourth-order valence-electron chi connectivity index (χ4n) is 3.29. The molecule has 0 saturated heterocycles. The lowest BCUT2D eigenvalue weighted by molar-refractivity contribution is 0.409. The van der Waals surface area contributed by atoms with Gasteiger partial charge in [-0.05, 0) is 48.7 Å². The van der Waals surface area contributed by atoms with E-state index in [1.807, 2.05) is 7.05 Å². The molecule has 2 nitrogen and oxygen atoms in total. The molecule has 0 fully saturated rings. The van der Waals surface area contributed by atoms with Crippen molar-refractivity contribution in [2.24, 2.45) is 0 Å². The first kappa shape index (κ1) is 13.2. The number of fused-ring (bicyclic) bond motifs is 1. The standard InChI is InChI=1S/C18H21NO/c1-12-10-14(8-9-17(12)20-3)18(19-2)16-11-13-6-4-5-7-15(13)16/h4-10,16,18-19H,11H2,1-3H3. The number of rotatable bonds is 4. The second kappa shape index (κ2) is 5.29. The fraction of sp³-hybridized carbons (Fsp3) is 0.333. The van der Waals surface area contributed by atoms with Gasteiger partial charge in [0.1, 0.15) is 5.75 Å². The average molecular weight is 267 g/mol. The topological polar surface area (TPSA) is 21.3 Å². The van der Waals surface area contributed by atoms with Gasteiger partial charge < -0.3 is 10.1 Å². The largest absolute Gasteiger partial charge is 0.496 e. The number of methoxy groups -OCH3 is 1. The Morgan fingerprint density at radius 1 is 1.20 bits per heavy atom. The smallest absolute Gasteiger partial charge is 0.121 e. The van der Waals surface area contributed by atoms with Crippen LogP contribution in [0.15, 0.2) is 42.5 Å². The lowest BCUT2D eigenvalue weighted by atomic mass is 9.71. The van der Waals surface area contributed by atoms with Crippen LogP contribution in [0.5, 0.6) is 5.75 Å². The lowest BCUT2D eigenvalue weighted by Crippen LogP contribution is -2.31. The third-order valence-electron chi connectivity index (χ3n) is 4.39. The molecule has 20 heavy (non-hydrogen) atoms. The number of hydrogen-bond acceptors (Lipinski definition) is 2. The summed E-state index contributed by atoms with van der Waals surface area (Å²) in [6, 6.07) is 15.6. The van der Waals surface area contributed by atoms with E-state index in [9.17, 15) is 0 Å². The molecule has 2 atom stereocenters. The minimum absolute atomic E-state index is 0.370. The number of likely N-dealkylation sites (N-methyl/N-ethyl adjacent to an activating group) is 1. The van der Waals surface area contributed by atoms with Gasteiger partial charge in [-0.25, -0.2) is 0 Å². The first-order valence-electron chi connectivity index (χ1n) is 7.14. The predicted octanol–water partition coefficient (Wildman–Crippen LogP) is 3.60. The normalized spacial score (nSPS) is 18.1. The van der Waals surface area contributed by atoms with Crippen LogP contribution in [0.3, 0.4) is 0 Å². The Bertz CT molecular complexity index is 621. The Balaban J connectivity index is 1.90. The summed E-state index contributed by atoms with van der Waals surface area (Å²) >= 11 is 0. The van der Waals surface area contributed by atoms with E-state index in [2.05, 4.69) is 54.7 Å². The van der Waals surface area contributed by atoms with E-state index in [1.54, 1.807) is 7.11 Å². The predicted molar refractivity (Wildman–Crippen MR) is 82.4 cm³/mol. The summed E-state index contributed by atoms with van der Waals surface area (Å²) in [7, 11) is 3.77. The van der Waals surface area contributed by atoms with Crippen molar-refractivity contribution in [3.63, 3.8) is 0 Å². The van der Waals surface area contributed by atoms with Gasteiger partial charge in [0.2, 0.25) is 0 Å². The lowest BCUT2D eigenvalue weighted by Gasteiger charge is -2.37. The average Bonchev–Trinajstić information content (AvgIpc) is 2.45. The molecule has 1 aliphatic rings. The van der Waals surface area contributed by atoms with Crippen LogP contribution in [0.1, 0.15) is 34.2 Å². The second-order valence-corrected chi connectivity index (χ2v) is 5.50. The van der Waals surface area contributed by atoms with Gasteiger partial charge in [0.05, 0.1) is 7.11 Å². The Morgan fingerprint density at radius 3 is 2.65 bits per heavy atom. The fourth-order valence-corrected chi connectivity index (χ4v) is 3.29. The highest BCUT2D eigenvalue weighted by Gasteiger charge is 2.32. The van der Waals surface area contributed by atoms with Crippen LogP contribution < -0.4 is 10.1 Å². The SMILES string of the molecule is CNC(c1ccc(OC)c(C)c1)C1Cc2ccccc21. The Kier molecular flexibility index (Phi) is 3.49. The van der Waals surface area contributed by atoms with Crippen molar-refractivity contribution in [1.29, 1.82) is 0 Å². The minimum Gasteiger partial charge on any atom is -0.496 e. The van der Waals surface area contributed by atoms with Gasteiger partial charge in [0.25, 0.3) is 0 Å². The van der Waals surface area contributed by atoms with E-state index in [-0.39, 0.29) is 0 Å². The summed E-state index contributed by atoms with van der Waals surface area (Å²) in [4.78, 5) is 0. The Hall–Kier alpha value is -1.80. The molecule has 2 unspecified atom stereocenters. The second-order valence-electron chi connectivity index (χ2n) is 5.50. The first-order chi connectivity index (χ1) is 9.74. The molecule has 0 bridgehead atoms. The molecular formula is C18H21NO. The van der Waals surface area contributed by atoms with Gasteiger partial charge in [0, 0.05) is 12.0 Å². The van der Waals surface area contributed by atoms with E-state index in [1.165, 1.54) is 22.3 Å². The highest BCUT2D eigenvalue weighted by Crippen LogP contribution is 2.43. The van der Waals surface area contributed by atoms with Gasteiger partial charge in [-0.3, -0.25) is 0 Å². The molecule has 2 aromatic carbocycles. The summed E-state index contributed by atoms with van der Waals surface area (Å²) in [5.74, 6) is 1.53. The molecule has 2 heteroatoms. The monoisotopic (exact) mass is 267 g/mol. The molecule has 0 saturated carbocycles. The van der Waals surface area contributed by atoms with Crippen LogP contribution in [-0.4, -0.2) is 14.2 Å². The van der Waals surface area contributed by atoms with Crippen LogP contribution in [0, 0.1) is 6.92 Å². The van der Waals surface area contributed by atoms with Gasteiger partial charge in [0.15, 0.2) is 0 Å². The molecule has 1 aliphatic carbocycles. The number of benzene rings is 2. The van der Waals surface area contributed by atoms with Gasteiger partial charge in [-0.1, -0.05) is 36.4 Å². The highest BCUT2D eigenvalue weighted by atomic mass is 16.5. The quantitative estimate of drug-likeness (QED) is 0.914. The Labute approximate surface area is 120 Å². The van der Waals surface area contributed by atoms with Crippen molar-refractivity contribution in [3.05, 3.63) is 64.7 Å². The van der Waals surface area contributed by atoms with Crippen molar-refractivity contribution in [1.82, 2.24) is 5.32 Å². The van der Waals surface area contributed by atoms with E-state index in [0.717, 1.165) is 12.2 Å². The molecule has 0 amide bonds. The van der Waals surface area contributed by atoms with E-state index in [4.69, 9.17) is 4.74 Å². The van der Waals surface area contributed by atoms with Crippen LogP contribution in [0.4, 0.5) is 0 Å². The summed E-state index contributed by atoms with van der Waals surface area (Å²) < 4.78 is 5.35. The summed E-state index contributed by atoms with van der Waals surface area (Å²) in [6.45, 7) is 2.10. The van der Waals surface area contributed by atoms with Crippen LogP contribution in [0.25, 0.3) is 0 Å². The maximum absolute atomic E-state index is 5.35. The van der Waals surface area contributed by atoms with Crippen LogP contribution in [0.2, 0.25) is 0 Å². The van der Waals surface area contributed by atoms with Crippen LogP contribution in [-0.2, 0) is 6.42 Å². The maximum atomic E-state index is 5.35. The zero-order valence-electron chi connectivity index (χ0n) is 12.3. The zero-order chi connectivity index (χ0) is 14.1. The van der Waals surface area contributed by atoms with Crippen molar-refractivity contribution in [2.45, 2.75) is 25.3 Å². The molecule has 2 aromatic rings. The summed E-state index contributed by atoms with van der Waals surface area (Å²) in [6.07, 6.45) is 1.16. The van der Waals surface area contributed by atoms with E-state index >= 15 is 0 Å². The van der Waals surface area contributed by atoms with Gasteiger partial charge in [-0.15, -0.1) is 0 Å².